The van der Waals surface area contributed by atoms with E-state index in [1.807, 2.05) is 24.3 Å². The number of aldehydes is 1. The van der Waals surface area contributed by atoms with Gasteiger partial charge in [0.15, 0.2) is 6.29 Å². The van der Waals surface area contributed by atoms with Gasteiger partial charge in [0.2, 0.25) is 0 Å². The van der Waals surface area contributed by atoms with Crippen LogP contribution in [0.25, 0.3) is 32.3 Å². The van der Waals surface area contributed by atoms with E-state index < -0.39 is 0 Å². The number of carbonyl (C=O) groups excluding carboxylic acids is 1. The van der Waals surface area contributed by atoms with Gasteiger partial charge >= 0.3 is 0 Å². The van der Waals surface area contributed by atoms with Gasteiger partial charge in [0.05, 0.1) is 0 Å². The van der Waals surface area contributed by atoms with Crippen molar-refractivity contribution in [1.82, 2.24) is 0 Å². The Morgan fingerprint density at radius 1 is 0.714 bits per heavy atom. The van der Waals surface area contributed by atoms with Crippen LogP contribution in [0, 0.1) is 6.92 Å². The Balaban J connectivity index is 2.40. The molecule has 0 heterocycles. The summed E-state index contributed by atoms with van der Waals surface area (Å²) in [5.74, 6) is 0. The van der Waals surface area contributed by atoms with Gasteiger partial charge in [-0.25, -0.2) is 0 Å². The molecule has 0 spiro atoms. The molecule has 0 saturated heterocycles. The third kappa shape index (κ3) is 1.61. The van der Waals surface area contributed by atoms with Crippen LogP contribution in [0.3, 0.4) is 0 Å². The summed E-state index contributed by atoms with van der Waals surface area (Å²) in [4.78, 5) is 11.7. The number of benzene rings is 4. The van der Waals surface area contributed by atoms with Crippen molar-refractivity contribution in [2.45, 2.75) is 6.92 Å². The first-order valence-electron chi connectivity index (χ1n) is 7.09. The van der Waals surface area contributed by atoms with E-state index in [4.69, 9.17) is 0 Å². The highest BCUT2D eigenvalue weighted by Crippen LogP contribution is 2.35. The molecular weight excluding hydrogens is 256 g/mol. The summed E-state index contributed by atoms with van der Waals surface area (Å²) in [5.41, 5.74) is 2.03. The van der Waals surface area contributed by atoms with Gasteiger partial charge in [-0.15, -0.1) is 0 Å². The van der Waals surface area contributed by atoms with Crippen molar-refractivity contribution in [3.8, 4) is 0 Å². The van der Waals surface area contributed by atoms with Gasteiger partial charge in [-0.1, -0.05) is 60.7 Å². The second-order valence-corrected chi connectivity index (χ2v) is 5.41. The first kappa shape index (κ1) is 12.1. The predicted molar refractivity (Wildman–Crippen MR) is 89.1 cm³/mol. The maximum absolute atomic E-state index is 11.7. The van der Waals surface area contributed by atoms with Crippen molar-refractivity contribution in [3.05, 3.63) is 71.8 Å². The average molecular weight is 270 g/mol. The number of fused-ring (bicyclic) bond motifs is 4. The highest BCUT2D eigenvalue weighted by Gasteiger charge is 2.12. The SMILES string of the molecule is Cc1c2ccccc2c(C=O)c2ccc3ccccc3c12. The van der Waals surface area contributed by atoms with E-state index in [-0.39, 0.29) is 0 Å². The third-order valence-corrected chi connectivity index (χ3v) is 4.33. The second-order valence-electron chi connectivity index (χ2n) is 5.41. The molecule has 0 fully saturated rings. The normalized spacial score (nSPS) is 11.3. The molecule has 0 N–H and O–H groups in total. The Morgan fingerprint density at radius 3 is 2.14 bits per heavy atom. The maximum Gasteiger partial charge on any atom is 0.151 e. The smallest absolute Gasteiger partial charge is 0.151 e. The summed E-state index contributed by atoms with van der Waals surface area (Å²) in [6.45, 7) is 2.14. The molecule has 0 saturated carbocycles. The Hall–Kier alpha value is -2.67. The van der Waals surface area contributed by atoms with Gasteiger partial charge in [0.1, 0.15) is 0 Å². The van der Waals surface area contributed by atoms with Crippen LogP contribution >= 0.6 is 0 Å². The van der Waals surface area contributed by atoms with Crippen LogP contribution < -0.4 is 0 Å². The van der Waals surface area contributed by atoms with E-state index in [0.29, 0.717) is 0 Å². The molecule has 21 heavy (non-hydrogen) atoms. The van der Waals surface area contributed by atoms with E-state index in [1.54, 1.807) is 0 Å². The molecule has 0 aliphatic rings. The predicted octanol–water partition coefficient (Wildman–Crippen LogP) is 5.27. The van der Waals surface area contributed by atoms with Crippen LogP contribution in [0.2, 0.25) is 0 Å². The maximum atomic E-state index is 11.7. The quantitative estimate of drug-likeness (QED) is 0.262. The van der Waals surface area contributed by atoms with E-state index in [2.05, 4.69) is 43.3 Å². The van der Waals surface area contributed by atoms with E-state index in [0.717, 1.165) is 28.0 Å². The zero-order chi connectivity index (χ0) is 14.4. The lowest BCUT2D eigenvalue weighted by molar-refractivity contribution is 0.112. The van der Waals surface area contributed by atoms with Crippen molar-refractivity contribution < 1.29 is 4.79 Å². The highest BCUT2D eigenvalue weighted by molar-refractivity contribution is 6.21. The third-order valence-electron chi connectivity index (χ3n) is 4.33. The lowest BCUT2D eigenvalue weighted by atomic mass is 9.90. The fourth-order valence-electron chi connectivity index (χ4n) is 3.35. The summed E-state index contributed by atoms with van der Waals surface area (Å²) >= 11 is 0. The largest absolute Gasteiger partial charge is 0.298 e. The molecule has 4 aromatic carbocycles. The Kier molecular flexibility index (Phi) is 2.55. The van der Waals surface area contributed by atoms with Gasteiger partial charge in [-0.3, -0.25) is 4.79 Å². The van der Waals surface area contributed by atoms with Gasteiger partial charge in [0.25, 0.3) is 0 Å². The summed E-state index contributed by atoms with van der Waals surface area (Å²) in [5, 5.41) is 6.84. The van der Waals surface area contributed by atoms with Gasteiger partial charge in [-0.2, -0.15) is 0 Å². The number of hydrogen-bond acceptors (Lipinski definition) is 1. The van der Waals surface area contributed by atoms with Crippen molar-refractivity contribution in [2.75, 3.05) is 0 Å². The monoisotopic (exact) mass is 270 g/mol. The fraction of sp³-hybridized carbons (Fsp3) is 0.0500. The molecule has 0 aliphatic carbocycles. The topological polar surface area (TPSA) is 17.1 Å². The van der Waals surface area contributed by atoms with Crippen molar-refractivity contribution >= 4 is 38.6 Å². The number of rotatable bonds is 1. The minimum Gasteiger partial charge on any atom is -0.298 e. The van der Waals surface area contributed by atoms with Crippen LogP contribution in [-0.4, -0.2) is 6.29 Å². The standard InChI is InChI=1S/C20H14O/c1-13-15-7-4-5-9-17(15)19(12-21)18-11-10-14-6-2-3-8-16(14)20(13)18/h2-12H,1H3. The molecular formula is C20H14O. The Labute approximate surface area is 122 Å². The molecule has 0 atom stereocenters. The minimum absolute atomic E-state index is 0.789. The molecule has 0 bridgehead atoms. The number of hydrogen-bond donors (Lipinski definition) is 0. The minimum atomic E-state index is 0.789. The van der Waals surface area contributed by atoms with Gasteiger partial charge in [-0.05, 0) is 44.8 Å². The summed E-state index contributed by atoms with van der Waals surface area (Å²) < 4.78 is 0. The van der Waals surface area contributed by atoms with Crippen molar-refractivity contribution in [2.24, 2.45) is 0 Å². The lowest BCUT2D eigenvalue weighted by Gasteiger charge is -2.13. The molecule has 4 rings (SSSR count). The molecule has 0 aromatic heterocycles. The highest BCUT2D eigenvalue weighted by atomic mass is 16.1. The Bertz CT molecular complexity index is 1010. The fourth-order valence-corrected chi connectivity index (χ4v) is 3.35. The van der Waals surface area contributed by atoms with Crippen LogP contribution in [0.5, 0.6) is 0 Å². The van der Waals surface area contributed by atoms with Crippen LogP contribution in [0.1, 0.15) is 15.9 Å². The van der Waals surface area contributed by atoms with E-state index in [9.17, 15) is 4.79 Å². The number of carbonyl (C=O) groups is 1. The van der Waals surface area contributed by atoms with Crippen LogP contribution in [-0.2, 0) is 0 Å². The van der Waals surface area contributed by atoms with Crippen molar-refractivity contribution in [1.29, 1.82) is 0 Å². The second kappa shape index (κ2) is 4.42. The first-order valence-corrected chi connectivity index (χ1v) is 7.09. The summed E-state index contributed by atoms with van der Waals surface area (Å²) in [6.07, 6.45) is 0.985. The zero-order valence-electron chi connectivity index (χ0n) is 11.8. The molecule has 0 radical (unpaired) electrons. The summed E-state index contributed by atoms with van der Waals surface area (Å²) in [7, 11) is 0. The molecule has 100 valence electrons. The summed E-state index contributed by atoms with van der Waals surface area (Å²) in [6, 6.07) is 20.7. The van der Waals surface area contributed by atoms with Crippen LogP contribution in [0.4, 0.5) is 0 Å². The first-order chi connectivity index (χ1) is 10.3. The van der Waals surface area contributed by atoms with E-state index >= 15 is 0 Å². The van der Waals surface area contributed by atoms with Crippen LogP contribution in [0.15, 0.2) is 60.7 Å². The molecule has 0 aliphatic heterocycles. The Morgan fingerprint density at radius 2 is 1.38 bits per heavy atom. The van der Waals surface area contributed by atoms with Gasteiger partial charge < -0.3 is 0 Å². The average Bonchev–Trinajstić information content (AvgIpc) is 2.55. The number of aryl methyl sites for hydroxylation is 1. The molecule has 1 nitrogen and oxygen atoms in total. The lowest BCUT2D eigenvalue weighted by Crippen LogP contribution is -1.92. The molecule has 1 heteroatoms. The molecule has 0 amide bonds. The molecule has 0 unspecified atom stereocenters. The van der Waals surface area contributed by atoms with E-state index in [1.165, 1.54) is 21.7 Å². The van der Waals surface area contributed by atoms with Gasteiger partial charge in [0, 0.05) is 5.56 Å². The zero-order valence-corrected chi connectivity index (χ0v) is 11.8. The van der Waals surface area contributed by atoms with Crippen molar-refractivity contribution in [3.63, 3.8) is 0 Å². The molecule has 4 aromatic rings.